The summed E-state index contributed by atoms with van der Waals surface area (Å²) in [7, 11) is 0. The van der Waals surface area contributed by atoms with Crippen molar-refractivity contribution in [1.29, 1.82) is 0 Å². The number of nitrogens with one attached hydrogen (secondary N) is 1. The van der Waals surface area contributed by atoms with Gasteiger partial charge in [0.15, 0.2) is 0 Å². The zero-order valence-electron chi connectivity index (χ0n) is 11.1. The predicted molar refractivity (Wildman–Crippen MR) is 75.4 cm³/mol. The van der Waals surface area contributed by atoms with Crippen LogP contribution < -0.4 is 16.8 Å². The minimum Gasteiger partial charge on any atom is -0.393 e. The summed E-state index contributed by atoms with van der Waals surface area (Å²) in [5, 5.41) is 12.7. The maximum Gasteiger partial charge on any atom is 0.248 e. The smallest absolute Gasteiger partial charge is 0.248 e. The molecule has 1 aliphatic carbocycles. The lowest BCUT2D eigenvalue weighted by Gasteiger charge is -2.27. The quantitative estimate of drug-likeness (QED) is 0.644. The van der Waals surface area contributed by atoms with Crippen LogP contribution in [0.1, 0.15) is 46.4 Å². The molecular formula is C14H19N3O3. The highest BCUT2D eigenvalue weighted by atomic mass is 16.3. The largest absolute Gasteiger partial charge is 0.393 e. The molecule has 108 valence electrons. The summed E-state index contributed by atoms with van der Waals surface area (Å²) in [5.41, 5.74) is 11.7. The fourth-order valence-electron chi connectivity index (χ4n) is 2.45. The second-order valence-electron chi connectivity index (χ2n) is 5.18. The Morgan fingerprint density at radius 2 is 1.50 bits per heavy atom. The third-order valence-electron chi connectivity index (χ3n) is 3.57. The first-order valence-corrected chi connectivity index (χ1v) is 6.65. The van der Waals surface area contributed by atoms with Crippen LogP contribution in [0, 0.1) is 0 Å². The molecule has 20 heavy (non-hydrogen) atoms. The van der Waals surface area contributed by atoms with Gasteiger partial charge in [-0.25, -0.2) is 0 Å². The van der Waals surface area contributed by atoms with Crippen LogP contribution in [-0.4, -0.2) is 29.1 Å². The summed E-state index contributed by atoms with van der Waals surface area (Å²) < 4.78 is 0. The van der Waals surface area contributed by atoms with E-state index in [1.54, 1.807) is 12.1 Å². The van der Waals surface area contributed by atoms with E-state index >= 15 is 0 Å². The van der Waals surface area contributed by atoms with Crippen molar-refractivity contribution in [1.82, 2.24) is 0 Å². The molecule has 6 nitrogen and oxygen atoms in total. The average molecular weight is 277 g/mol. The van der Waals surface area contributed by atoms with Gasteiger partial charge in [-0.1, -0.05) is 0 Å². The highest BCUT2D eigenvalue weighted by Crippen LogP contribution is 2.23. The number of primary amides is 2. The first-order valence-electron chi connectivity index (χ1n) is 6.65. The van der Waals surface area contributed by atoms with Crippen molar-refractivity contribution in [2.24, 2.45) is 11.5 Å². The van der Waals surface area contributed by atoms with E-state index in [9.17, 15) is 14.7 Å². The molecule has 1 aromatic rings. The maximum absolute atomic E-state index is 11.3. The number of carbonyl (C=O) groups excluding carboxylic acids is 2. The average Bonchev–Trinajstić information content (AvgIpc) is 2.41. The highest BCUT2D eigenvalue weighted by molar-refractivity contribution is 5.99. The Morgan fingerprint density at radius 1 is 1.00 bits per heavy atom. The lowest BCUT2D eigenvalue weighted by Crippen LogP contribution is -2.28. The van der Waals surface area contributed by atoms with Crippen molar-refractivity contribution in [3.8, 4) is 0 Å². The molecule has 0 unspecified atom stereocenters. The Labute approximate surface area is 117 Å². The fourth-order valence-corrected chi connectivity index (χ4v) is 2.45. The van der Waals surface area contributed by atoms with Crippen molar-refractivity contribution in [3.63, 3.8) is 0 Å². The summed E-state index contributed by atoms with van der Waals surface area (Å²) >= 11 is 0. The number of carbonyl (C=O) groups is 2. The highest BCUT2D eigenvalue weighted by Gasteiger charge is 2.19. The molecule has 1 saturated carbocycles. The lowest BCUT2D eigenvalue weighted by molar-refractivity contribution is 0.0999. The Hall–Kier alpha value is -2.08. The first kappa shape index (κ1) is 14.3. The van der Waals surface area contributed by atoms with Gasteiger partial charge in [0, 0.05) is 22.9 Å². The van der Waals surface area contributed by atoms with Crippen molar-refractivity contribution in [3.05, 3.63) is 29.3 Å². The summed E-state index contributed by atoms with van der Waals surface area (Å²) in [6.07, 6.45) is 2.94. The summed E-state index contributed by atoms with van der Waals surface area (Å²) in [4.78, 5) is 22.5. The van der Waals surface area contributed by atoms with Crippen molar-refractivity contribution in [2.45, 2.75) is 37.8 Å². The van der Waals surface area contributed by atoms with Crippen LogP contribution in [0.5, 0.6) is 0 Å². The Balaban J connectivity index is 2.18. The zero-order valence-corrected chi connectivity index (χ0v) is 11.1. The normalized spacial score (nSPS) is 22.2. The van der Waals surface area contributed by atoms with Gasteiger partial charge in [-0.2, -0.15) is 0 Å². The lowest BCUT2D eigenvalue weighted by atomic mass is 9.93. The molecule has 0 aliphatic heterocycles. The molecular weight excluding hydrogens is 258 g/mol. The van der Waals surface area contributed by atoms with Crippen LogP contribution in [0.15, 0.2) is 18.2 Å². The summed E-state index contributed by atoms with van der Waals surface area (Å²) in [6.45, 7) is 0. The number of nitrogens with two attached hydrogens (primary N) is 2. The van der Waals surface area contributed by atoms with Crippen LogP contribution in [0.2, 0.25) is 0 Å². The van der Waals surface area contributed by atoms with E-state index in [1.165, 1.54) is 6.07 Å². The minimum atomic E-state index is -0.602. The van der Waals surface area contributed by atoms with Gasteiger partial charge < -0.3 is 21.9 Å². The molecule has 1 aliphatic rings. The molecule has 0 saturated heterocycles. The van der Waals surface area contributed by atoms with Gasteiger partial charge in [0.05, 0.1) is 6.10 Å². The molecule has 1 fully saturated rings. The number of aliphatic hydroxyl groups excluding tert-OH is 1. The van der Waals surface area contributed by atoms with Crippen molar-refractivity contribution >= 4 is 17.5 Å². The number of hydrogen-bond acceptors (Lipinski definition) is 4. The molecule has 2 rings (SSSR count). The second-order valence-corrected chi connectivity index (χ2v) is 5.18. The second kappa shape index (κ2) is 5.92. The van der Waals surface area contributed by atoms with E-state index in [1.807, 2.05) is 0 Å². The van der Waals surface area contributed by atoms with Gasteiger partial charge in [0.25, 0.3) is 0 Å². The number of anilines is 1. The monoisotopic (exact) mass is 277 g/mol. The number of benzene rings is 1. The van der Waals surface area contributed by atoms with Gasteiger partial charge in [0.2, 0.25) is 11.8 Å². The molecule has 0 radical (unpaired) electrons. The molecule has 6 N–H and O–H groups in total. The molecule has 0 spiro atoms. The van der Waals surface area contributed by atoms with Gasteiger partial charge >= 0.3 is 0 Å². The molecule has 1 aromatic carbocycles. The van der Waals surface area contributed by atoms with E-state index in [-0.39, 0.29) is 23.3 Å². The first-order chi connectivity index (χ1) is 9.45. The van der Waals surface area contributed by atoms with Crippen LogP contribution in [0.4, 0.5) is 5.69 Å². The standard InChI is InChI=1S/C14H19N3O3/c15-13(19)8-5-9(14(16)20)7-11(6-8)17-10-1-3-12(18)4-2-10/h5-7,10,12,17-18H,1-4H2,(H2,15,19)(H2,16,20). The van der Waals surface area contributed by atoms with Gasteiger partial charge in [-0.15, -0.1) is 0 Å². The molecule has 0 atom stereocenters. The van der Waals surface area contributed by atoms with Crippen molar-refractivity contribution in [2.75, 3.05) is 5.32 Å². The Bertz CT molecular complexity index is 490. The molecule has 0 aromatic heterocycles. The van der Waals surface area contributed by atoms with E-state index in [0.29, 0.717) is 5.69 Å². The number of amides is 2. The summed E-state index contributed by atoms with van der Waals surface area (Å²) in [6, 6.07) is 4.82. The number of rotatable bonds is 4. The third-order valence-corrected chi connectivity index (χ3v) is 3.57. The molecule has 2 amide bonds. The van der Waals surface area contributed by atoms with Gasteiger partial charge in [-0.3, -0.25) is 9.59 Å². The van der Waals surface area contributed by atoms with Crippen LogP contribution in [0.3, 0.4) is 0 Å². The van der Waals surface area contributed by atoms with Crippen LogP contribution >= 0.6 is 0 Å². The molecule has 6 heteroatoms. The minimum absolute atomic E-state index is 0.210. The zero-order chi connectivity index (χ0) is 14.7. The van der Waals surface area contributed by atoms with Crippen LogP contribution in [0.25, 0.3) is 0 Å². The number of hydrogen-bond donors (Lipinski definition) is 4. The Kier molecular flexibility index (Phi) is 4.24. The predicted octanol–water partition coefficient (Wildman–Crippen LogP) is 0.600. The Morgan fingerprint density at radius 3 is 1.95 bits per heavy atom. The SMILES string of the molecule is NC(=O)c1cc(NC2CCC(O)CC2)cc(C(N)=O)c1. The van der Waals surface area contributed by atoms with E-state index < -0.39 is 11.8 Å². The molecule has 0 bridgehead atoms. The third kappa shape index (κ3) is 3.48. The van der Waals surface area contributed by atoms with Crippen molar-refractivity contribution < 1.29 is 14.7 Å². The molecule has 0 heterocycles. The van der Waals surface area contributed by atoms with E-state index in [4.69, 9.17) is 11.5 Å². The maximum atomic E-state index is 11.3. The summed E-state index contributed by atoms with van der Waals surface area (Å²) in [5.74, 6) is -1.20. The fraction of sp³-hybridized carbons (Fsp3) is 0.429. The topological polar surface area (TPSA) is 118 Å². The van der Waals surface area contributed by atoms with Gasteiger partial charge in [0.1, 0.15) is 0 Å². The van der Waals surface area contributed by atoms with E-state index in [0.717, 1.165) is 25.7 Å². The van der Waals surface area contributed by atoms with E-state index in [2.05, 4.69) is 5.32 Å². The van der Waals surface area contributed by atoms with Crippen LogP contribution in [-0.2, 0) is 0 Å². The van der Waals surface area contributed by atoms with Gasteiger partial charge in [-0.05, 0) is 43.9 Å². The number of aliphatic hydroxyl groups is 1.